The molecule has 0 saturated carbocycles. The third-order valence-electron chi connectivity index (χ3n) is 3.43. The fourth-order valence-corrected chi connectivity index (χ4v) is 3.55. The van der Waals surface area contributed by atoms with Gasteiger partial charge in [-0.1, -0.05) is 0 Å². The first-order valence-electron chi connectivity index (χ1n) is 6.50. The van der Waals surface area contributed by atoms with Gasteiger partial charge in [0, 0.05) is 10.6 Å². The maximum absolute atomic E-state index is 13.6. The van der Waals surface area contributed by atoms with Gasteiger partial charge in [-0.25, -0.2) is 9.18 Å². The number of halogens is 1. The van der Waals surface area contributed by atoms with Crippen molar-refractivity contribution in [3.05, 3.63) is 51.0 Å². The second-order valence-electron chi connectivity index (χ2n) is 4.87. The number of amides is 1. The van der Waals surface area contributed by atoms with Crippen LogP contribution in [0.2, 0.25) is 0 Å². The normalized spacial score (nSPS) is 13.0. The molecule has 3 rings (SSSR count). The number of nitrogens with one attached hydrogen (secondary N) is 1. The Morgan fingerprint density at radius 2 is 2.05 bits per heavy atom. The number of aromatic carboxylic acids is 1. The van der Waals surface area contributed by atoms with Crippen LogP contribution >= 0.6 is 11.3 Å². The zero-order chi connectivity index (χ0) is 15.0. The molecule has 0 saturated heterocycles. The first-order chi connectivity index (χ1) is 10.0. The Morgan fingerprint density at radius 3 is 2.71 bits per heavy atom. The van der Waals surface area contributed by atoms with Crippen molar-refractivity contribution in [2.24, 2.45) is 0 Å². The number of rotatable bonds is 3. The minimum absolute atomic E-state index is 0.246. The number of fused-ring (bicyclic) bond motifs is 1. The van der Waals surface area contributed by atoms with Crippen LogP contribution in [-0.2, 0) is 12.8 Å². The summed E-state index contributed by atoms with van der Waals surface area (Å²) in [6.07, 6.45) is 3.14. The molecule has 0 atom stereocenters. The van der Waals surface area contributed by atoms with Gasteiger partial charge in [0.25, 0.3) is 5.91 Å². The molecule has 0 radical (unpaired) electrons. The number of hydrogen-bond donors (Lipinski definition) is 2. The number of anilines is 1. The zero-order valence-corrected chi connectivity index (χ0v) is 11.8. The summed E-state index contributed by atoms with van der Waals surface area (Å²) >= 11 is 1.46. The van der Waals surface area contributed by atoms with E-state index in [9.17, 15) is 14.0 Å². The summed E-state index contributed by atoms with van der Waals surface area (Å²) < 4.78 is 13.6. The minimum atomic E-state index is -1.33. The topological polar surface area (TPSA) is 66.4 Å². The van der Waals surface area contributed by atoms with Gasteiger partial charge in [-0.05, 0) is 49.1 Å². The number of thiophene rings is 1. The van der Waals surface area contributed by atoms with Crippen LogP contribution in [0.4, 0.5) is 10.1 Å². The molecule has 21 heavy (non-hydrogen) atoms. The van der Waals surface area contributed by atoms with Gasteiger partial charge in [-0.15, -0.1) is 11.3 Å². The molecule has 1 aromatic heterocycles. The Balaban J connectivity index is 1.78. The molecule has 108 valence electrons. The number of benzene rings is 1. The molecule has 1 aliphatic rings. The highest BCUT2D eigenvalue weighted by molar-refractivity contribution is 7.14. The van der Waals surface area contributed by atoms with Gasteiger partial charge in [-0.3, -0.25) is 4.79 Å². The lowest BCUT2D eigenvalue weighted by Crippen LogP contribution is -2.11. The van der Waals surface area contributed by atoms with Crippen molar-refractivity contribution in [3.63, 3.8) is 0 Å². The SMILES string of the molecule is O=C(Nc1ccc(C(=O)O)c(F)c1)c1cc2c(s1)CCC2. The molecule has 2 N–H and O–H groups in total. The molecule has 4 nitrogen and oxygen atoms in total. The van der Waals surface area contributed by atoms with E-state index in [2.05, 4.69) is 5.32 Å². The van der Waals surface area contributed by atoms with Gasteiger partial charge in [0.2, 0.25) is 0 Å². The molecule has 0 fully saturated rings. The maximum atomic E-state index is 13.6. The molecule has 0 bridgehead atoms. The van der Waals surface area contributed by atoms with Crippen LogP contribution in [0.5, 0.6) is 0 Å². The lowest BCUT2D eigenvalue weighted by molar-refractivity contribution is 0.0692. The highest BCUT2D eigenvalue weighted by Crippen LogP contribution is 2.31. The second-order valence-corrected chi connectivity index (χ2v) is 6.00. The molecular formula is C15H12FNO3S. The Kier molecular flexibility index (Phi) is 3.47. The van der Waals surface area contributed by atoms with E-state index >= 15 is 0 Å². The number of carboxylic acids is 1. The van der Waals surface area contributed by atoms with Crippen molar-refractivity contribution < 1.29 is 19.1 Å². The van der Waals surface area contributed by atoms with E-state index in [-0.39, 0.29) is 11.6 Å². The molecule has 0 spiro atoms. The molecular weight excluding hydrogens is 293 g/mol. The van der Waals surface area contributed by atoms with Crippen LogP contribution in [0.3, 0.4) is 0 Å². The average molecular weight is 305 g/mol. The second kappa shape index (κ2) is 5.29. The van der Waals surface area contributed by atoms with Crippen molar-refractivity contribution in [2.75, 3.05) is 5.32 Å². The van der Waals surface area contributed by atoms with Gasteiger partial charge >= 0.3 is 5.97 Å². The Hall–Kier alpha value is -2.21. The summed E-state index contributed by atoms with van der Waals surface area (Å²) in [6, 6.07) is 5.42. The Morgan fingerprint density at radius 1 is 1.24 bits per heavy atom. The standard InChI is InChI=1S/C15H12FNO3S/c16-11-7-9(4-5-10(11)15(19)20)17-14(18)13-6-8-2-1-3-12(8)21-13/h4-7H,1-3H2,(H,17,18)(H,19,20). The summed E-state index contributed by atoms with van der Waals surface area (Å²) in [7, 11) is 0. The van der Waals surface area contributed by atoms with Crippen LogP contribution in [0.25, 0.3) is 0 Å². The van der Waals surface area contributed by atoms with E-state index in [0.29, 0.717) is 4.88 Å². The molecule has 0 aliphatic heterocycles. The van der Waals surface area contributed by atoms with Crippen LogP contribution in [-0.4, -0.2) is 17.0 Å². The number of carbonyl (C=O) groups is 2. The number of carbonyl (C=O) groups excluding carboxylic acids is 1. The zero-order valence-electron chi connectivity index (χ0n) is 11.0. The van der Waals surface area contributed by atoms with Gasteiger partial charge in [0.05, 0.1) is 10.4 Å². The molecule has 0 unspecified atom stereocenters. The van der Waals surface area contributed by atoms with Crippen LogP contribution in [0.15, 0.2) is 24.3 Å². The first kappa shape index (κ1) is 13.8. The Labute approximate surface area is 124 Å². The molecule has 1 heterocycles. The Bertz CT molecular complexity index is 717. The fourth-order valence-electron chi connectivity index (χ4n) is 2.40. The van der Waals surface area contributed by atoms with E-state index in [4.69, 9.17) is 5.11 Å². The molecule has 1 amide bonds. The third-order valence-corrected chi connectivity index (χ3v) is 4.66. The van der Waals surface area contributed by atoms with Gasteiger partial charge in [0.15, 0.2) is 0 Å². The summed E-state index contributed by atoms with van der Waals surface area (Å²) in [6.45, 7) is 0. The monoisotopic (exact) mass is 305 g/mol. The number of carboxylic acid groups (broad SMARTS) is 1. The van der Waals surface area contributed by atoms with Gasteiger partial charge in [-0.2, -0.15) is 0 Å². The maximum Gasteiger partial charge on any atom is 0.338 e. The van der Waals surface area contributed by atoms with E-state index in [1.165, 1.54) is 27.8 Å². The lowest BCUT2D eigenvalue weighted by Gasteiger charge is -2.05. The molecule has 1 aliphatic carbocycles. The predicted octanol–water partition coefficient (Wildman–Crippen LogP) is 3.33. The summed E-state index contributed by atoms with van der Waals surface area (Å²) in [4.78, 5) is 24.7. The first-order valence-corrected chi connectivity index (χ1v) is 7.32. The predicted molar refractivity (Wildman–Crippen MR) is 77.7 cm³/mol. The molecule has 6 heteroatoms. The van der Waals surface area contributed by atoms with Crippen molar-refractivity contribution >= 4 is 28.9 Å². The average Bonchev–Trinajstić information content (AvgIpc) is 2.98. The van der Waals surface area contributed by atoms with Gasteiger partial charge < -0.3 is 10.4 Å². The van der Waals surface area contributed by atoms with E-state index in [1.54, 1.807) is 0 Å². The van der Waals surface area contributed by atoms with Crippen LogP contribution in [0.1, 0.15) is 36.9 Å². The van der Waals surface area contributed by atoms with E-state index < -0.39 is 17.3 Å². The molecule has 1 aromatic carbocycles. The van der Waals surface area contributed by atoms with Crippen LogP contribution < -0.4 is 5.32 Å². The lowest BCUT2D eigenvalue weighted by atomic mass is 10.2. The number of aryl methyl sites for hydroxylation is 2. The quantitative estimate of drug-likeness (QED) is 0.914. The largest absolute Gasteiger partial charge is 0.478 e. The van der Waals surface area contributed by atoms with Crippen molar-refractivity contribution in [2.45, 2.75) is 19.3 Å². The third kappa shape index (κ3) is 2.67. The minimum Gasteiger partial charge on any atom is -0.478 e. The summed E-state index contributed by atoms with van der Waals surface area (Å²) in [5.74, 6) is -2.49. The van der Waals surface area contributed by atoms with Crippen molar-refractivity contribution in [1.29, 1.82) is 0 Å². The van der Waals surface area contributed by atoms with Crippen molar-refractivity contribution in [1.82, 2.24) is 0 Å². The van der Waals surface area contributed by atoms with Gasteiger partial charge in [0.1, 0.15) is 5.82 Å². The fraction of sp³-hybridized carbons (Fsp3) is 0.200. The highest BCUT2D eigenvalue weighted by atomic mass is 32.1. The van der Waals surface area contributed by atoms with Crippen LogP contribution in [0, 0.1) is 5.82 Å². The van der Waals surface area contributed by atoms with E-state index in [1.807, 2.05) is 6.07 Å². The summed E-state index contributed by atoms with van der Waals surface area (Å²) in [5, 5.41) is 11.4. The highest BCUT2D eigenvalue weighted by Gasteiger charge is 2.19. The van der Waals surface area contributed by atoms with E-state index in [0.717, 1.165) is 31.4 Å². The van der Waals surface area contributed by atoms with Crippen molar-refractivity contribution in [3.8, 4) is 0 Å². The molecule has 2 aromatic rings. The smallest absolute Gasteiger partial charge is 0.338 e. The summed E-state index contributed by atoms with van der Waals surface area (Å²) in [5.41, 5.74) is 1.05. The number of hydrogen-bond acceptors (Lipinski definition) is 3.